The topological polar surface area (TPSA) is 113 Å². The molecule has 10 heteroatoms. The second-order valence-electron chi connectivity index (χ2n) is 9.39. The second kappa shape index (κ2) is 12.1. The number of methoxy groups -OCH3 is 2. The van der Waals surface area contributed by atoms with Gasteiger partial charge in [-0.05, 0) is 69.0 Å². The first kappa shape index (κ1) is 26.4. The van der Waals surface area contributed by atoms with Gasteiger partial charge in [0.15, 0.2) is 0 Å². The van der Waals surface area contributed by atoms with Gasteiger partial charge in [0.1, 0.15) is 18.1 Å². The highest BCUT2D eigenvalue weighted by atomic mass is 16.5. The molecule has 2 amide bonds. The third kappa shape index (κ3) is 6.19. The Morgan fingerprint density at radius 2 is 1.95 bits per heavy atom. The third-order valence-electron chi connectivity index (χ3n) is 7.01. The number of carbonyl (C=O) groups excluding carboxylic acids is 2. The molecule has 1 unspecified atom stereocenters. The lowest BCUT2D eigenvalue weighted by atomic mass is 10.0. The molecule has 198 valence electrons. The molecule has 2 aliphatic heterocycles. The number of nitrogens with zero attached hydrogens (tertiary/aromatic N) is 4. The summed E-state index contributed by atoms with van der Waals surface area (Å²) in [5, 5.41) is 9.48. The maximum absolute atomic E-state index is 13.5. The third-order valence-corrected chi connectivity index (χ3v) is 7.01. The number of amides is 2. The first-order valence-electron chi connectivity index (χ1n) is 12.6. The van der Waals surface area contributed by atoms with Crippen LogP contribution in [0, 0.1) is 5.92 Å². The Hall–Kier alpha value is -3.66. The fraction of sp³-hybridized carbons (Fsp3) is 0.481. The molecule has 1 atom stereocenters. The van der Waals surface area contributed by atoms with Gasteiger partial charge in [0.2, 0.25) is 5.91 Å². The van der Waals surface area contributed by atoms with E-state index in [-0.39, 0.29) is 18.4 Å². The van der Waals surface area contributed by atoms with Crippen molar-refractivity contribution in [2.75, 3.05) is 56.7 Å². The summed E-state index contributed by atoms with van der Waals surface area (Å²) in [5.41, 5.74) is 2.40. The van der Waals surface area contributed by atoms with Crippen LogP contribution in [0.5, 0.6) is 5.75 Å². The van der Waals surface area contributed by atoms with Crippen molar-refractivity contribution < 1.29 is 29.0 Å². The van der Waals surface area contributed by atoms with Gasteiger partial charge >= 0.3 is 12.1 Å². The van der Waals surface area contributed by atoms with Crippen LogP contribution in [0.4, 0.5) is 16.3 Å². The highest BCUT2D eigenvalue weighted by molar-refractivity contribution is 6.00. The van der Waals surface area contributed by atoms with Gasteiger partial charge in [0, 0.05) is 18.8 Å². The van der Waals surface area contributed by atoms with E-state index < -0.39 is 12.1 Å². The maximum Gasteiger partial charge on any atom is 0.413 e. The van der Waals surface area contributed by atoms with Gasteiger partial charge in [-0.15, -0.1) is 0 Å². The van der Waals surface area contributed by atoms with Crippen LogP contribution < -0.4 is 14.5 Å². The van der Waals surface area contributed by atoms with Crippen LogP contribution in [0.25, 0.3) is 0 Å². The van der Waals surface area contributed by atoms with Crippen molar-refractivity contribution in [2.45, 2.75) is 32.1 Å². The smallest absolute Gasteiger partial charge is 0.413 e. The molecule has 1 aromatic carbocycles. The van der Waals surface area contributed by atoms with Crippen molar-refractivity contribution in [2.24, 2.45) is 5.92 Å². The Bertz CT molecular complexity index is 1140. The number of likely N-dealkylation sites (tertiary alicyclic amines) is 1. The normalized spacial score (nSPS) is 17.2. The summed E-state index contributed by atoms with van der Waals surface area (Å²) in [5.74, 6) is 0.231. The van der Waals surface area contributed by atoms with Crippen LogP contribution in [0.3, 0.4) is 0 Å². The first-order chi connectivity index (χ1) is 17.9. The van der Waals surface area contributed by atoms with Crippen LogP contribution in [-0.2, 0) is 27.2 Å². The molecular weight excluding hydrogens is 476 g/mol. The summed E-state index contributed by atoms with van der Waals surface area (Å²) in [6.07, 6.45) is 2.97. The summed E-state index contributed by atoms with van der Waals surface area (Å²) in [6, 6.07) is 11.1. The molecule has 10 nitrogen and oxygen atoms in total. The molecule has 1 aromatic heterocycles. The number of anilines is 2. The van der Waals surface area contributed by atoms with Crippen LogP contribution in [0.2, 0.25) is 0 Å². The number of pyridine rings is 1. The molecule has 1 saturated heterocycles. The van der Waals surface area contributed by atoms with Crippen molar-refractivity contribution in [3.63, 3.8) is 0 Å². The zero-order valence-corrected chi connectivity index (χ0v) is 21.4. The molecule has 0 aliphatic carbocycles. The molecule has 3 heterocycles. The fourth-order valence-corrected chi connectivity index (χ4v) is 5.07. The quantitative estimate of drug-likeness (QED) is 0.513. The van der Waals surface area contributed by atoms with E-state index in [1.165, 1.54) is 24.0 Å². The van der Waals surface area contributed by atoms with E-state index >= 15 is 0 Å². The summed E-state index contributed by atoms with van der Waals surface area (Å²) < 4.78 is 10.3. The molecule has 4 rings (SSSR count). The Morgan fingerprint density at radius 1 is 1.14 bits per heavy atom. The van der Waals surface area contributed by atoms with Crippen molar-refractivity contribution in [3.05, 3.63) is 47.7 Å². The van der Waals surface area contributed by atoms with Gasteiger partial charge in [-0.25, -0.2) is 9.78 Å². The van der Waals surface area contributed by atoms with Gasteiger partial charge in [-0.1, -0.05) is 18.2 Å². The molecule has 0 bridgehead atoms. The second-order valence-corrected chi connectivity index (χ2v) is 9.39. The maximum atomic E-state index is 13.5. The number of aryl methyl sites for hydroxylation is 2. The molecule has 0 radical (unpaired) electrons. The molecule has 2 aliphatic rings. The zero-order chi connectivity index (χ0) is 26.4. The van der Waals surface area contributed by atoms with Gasteiger partial charge in [-0.3, -0.25) is 19.4 Å². The molecule has 2 aromatic rings. The van der Waals surface area contributed by atoms with E-state index in [0.29, 0.717) is 36.8 Å². The molecule has 0 saturated carbocycles. The standard InChI is InChI=1S/C27H34N4O6/c1-36-23-10-4-3-9-22(23)31(18-24(32)37-2)26(33)20-13-16-29(17-20)14-6-8-21-12-11-19-7-5-15-30(27(34)35)25(19)28-21/h3-4,9-12,20H,5-8,13-18H2,1-2H3,(H,34,35). The van der Waals surface area contributed by atoms with Gasteiger partial charge < -0.3 is 19.5 Å². The van der Waals surface area contributed by atoms with Gasteiger partial charge in [0.25, 0.3) is 0 Å². The van der Waals surface area contributed by atoms with E-state index in [4.69, 9.17) is 9.47 Å². The van der Waals surface area contributed by atoms with E-state index in [1.807, 2.05) is 18.2 Å². The van der Waals surface area contributed by atoms with E-state index in [9.17, 15) is 19.5 Å². The van der Waals surface area contributed by atoms with E-state index in [2.05, 4.69) is 9.88 Å². The summed E-state index contributed by atoms with van der Waals surface area (Å²) in [4.78, 5) is 46.9. The molecule has 0 spiro atoms. The molecule has 1 fully saturated rings. The van der Waals surface area contributed by atoms with Gasteiger partial charge in [0.05, 0.1) is 25.8 Å². The summed E-state index contributed by atoms with van der Waals surface area (Å²) >= 11 is 0. The SMILES string of the molecule is COC(=O)CN(C(=O)C1CCN(CCCc2ccc3c(n2)N(C(=O)O)CCC3)C1)c1ccccc1OC. The summed E-state index contributed by atoms with van der Waals surface area (Å²) in [7, 11) is 2.84. The van der Waals surface area contributed by atoms with Gasteiger partial charge in [-0.2, -0.15) is 0 Å². The monoisotopic (exact) mass is 510 g/mol. The van der Waals surface area contributed by atoms with Crippen molar-refractivity contribution in [1.82, 2.24) is 9.88 Å². The molecule has 37 heavy (non-hydrogen) atoms. The number of para-hydroxylation sites is 2. The van der Waals surface area contributed by atoms with Crippen LogP contribution in [0.15, 0.2) is 36.4 Å². The van der Waals surface area contributed by atoms with Crippen LogP contribution in [-0.4, -0.2) is 79.9 Å². The fourth-order valence-electron chi connectivity index (χ4n) is 5.07. The number of aromatic nitrogens is 1. The number of carboxylic acid groups (broad SMARTS) is 1. The van der Waals surface area contributed by atoms with Crippen molar-refractivity contribution in [1.29, 1.82) is 0 Å². The highest BCUT2D eigenvalue weighted by Crippen LogP contribution is 2.31. The number of ether oxygens (including phenoxy) is 2. The number of rotatable bonds is 9. The Kier molecular flexibility index (Phi) is 8.60. The van der Waals surface area contributed by atoms with Crippen molar-refractivity contribution in [3.8, 4) is 5.75 Å². The Labute approximate surface area is 216 Å². The minimum atomic E-state index is -0.965. The molecular formula is C27H34N4O6. The number of hydrogen-bond donors (Lipinski definition) is 1. The van der Waals surface area contributed by atoms with E-state index in [1.54, 1.807) is 18.2 Å². The largest absolute Gasteiger partial charge is 0.495 e. The van der Waals surface area contributed by atoms with E-state index in [0.717, 1.165) is 50.0 Å². The predicted octanol–water partition coefficient (Wildman–Crippen LogP) is 2.98. The summed E-state index contributed by atoms with van der Waals surface area (Å²) in [6.45, 7) is 2.50. The number of carbonyl (C=O) groups is 3. The molecule has 1 N–H and O–H groups in total. The Balaban J connectivity index is 1.35. The number of fused-ring (bicyclic) bond motifs is 1. The average molecular weight is 511 g/mol. The predicted molar refractivity (Wildman–Crippen MR) is 138 cm³/mol. The number of esters is 1. The zero-order valence-electron chi connectivity index (χ0n) is 21.4. The number of hydrogen-bond acceptors (Lipinski definition) is 7. The lowest BCUT2D eigenvalue weighted by Crippen LogP contribution is -2.41. The van der Waals surface area contributed by atoms with Crippen molar-refractivity contribution >= 4 is 29.5 Å². The lowest BCUT2D eigenvalue weighted by Gasteiger charge is -2.26. The minimum Gasteiger partial charge on any atom is -0.495 e. The Morgan fingerprint density at radius 3 is 2.70 bits per heavy atom. The first-order valence-corrected chi connectivity index (χ1v) is 12.6. The van der Waals surface area contributed by atoms with Crippen LogP contribution in [0.1, 0.15) is 30.5 Å². The number of benzene rings is 1. The lowest BCUT2D eigenvalue weighted by molar-refractivity contribution is -0.140. The minimum absolute atomic E-state index is 0.123. The highest BCUT2D eigenvalue weighted by Gasteiger charge is 2.34. The van der Waals surface area contributed by atoms with Crippen LogP contribution >= 0.6 is 0 Å². The average Bonchev–Trinajstić information content (AvgIpc) is 3.39.